The zero-order valence-corrected chi connectivity index (χ0v) is 10.6. The third kappa shape index (κ3) is 1.88. The van der Waals surface area contributed by atoms with E-state index in [-0.39, 0.29) is 5.41 Å². The molecule has 2 heteroatoms. The van der Waals surface area contributed by atoms with Crippen molar-refractivity contribution in [1.82, 2.24) is 0 Å². The highest BCUT2D eigenvalue weighted by atomic mass is 35.5. The van der Waals surface area contributed by atoms with Crippen LogP contribution in [0.4, 0.5) is 5.69 Å². The lowest BCUT2D eigenvalue weighted by atomic mass is 9.83. The SMILES string of the molecule is CC(C)(C)c1cc(N)cc2cccc(Cl)c12. The van der Waals surface area contributed by atoms with Crippen molar-refractivity contribution in [3.05, 3.63) is 40.9 Å². The Hall–Kier alpha value is -1.21. The van der Waals surface area contributed by atoms with Crippen LogP contribution in [0.1, 0.15) is 26.3 Å². The zero-order valence-electron chi connectivity index (χ0n) is 9.84. The molecule has 0 unspecified atom stereocenters. The Morgan fingerprint density at radius 1 is 1.12 bits per heavy atom. The van der Waals surface area contributed by atoms with Crippen LogP contribution in [0.5, 0.6) is 0 Å². The molecule has 0 aromatic heterocycles. The summed E-state index contributed by atoms with van der Waals surface area (Å²) in [6.07, 6.45) is 0. The van der Waals surface area contributed by atoms with Gasteiger partial charge >= 0.3 is 0 Å². The van der Waals surface area contributed by atoms with Crippen LogP contribution in [-0.2, 0) is 5.41 Å². The van der Waals surface area contributed by atoms with E-state index in [1.54, 1.807) is 0 Å². The standard InChI is InChI=1S/C14H16ClN/c1-14(2,3)11-8-10(16)7-9-5-4-6-12(15)13(9)11/h4-8H,16H2,1-3H3. The van der Waals surface area contributed by atoms with Gasteiger partial charge in [0.15, 0.2) is 0 Å². The molecule has 0 saturated heterocycles. The summed E-state index contributed by atoms with van der Waals surface area (Å²) in [4.78, 5) is 0. The average molecular weight is 234 g/mol. The summed E-state index contributed by atoms with van der Waals surface area (Å²) >= 11 is 6.28. The second-order valence-electron chi connectivity index (χ2n) is 5.16. The Morgan fingerprint density at radius 3 is 2.44 bits per heavy atom. The molecule has 0 aliphatic rings. The molecule has 84 valence electrons. The molecule has 0 radical (unpaired) electrons. The van der Waals surface area contributed by atoms with Gasteiger partial charge in [-0.05, 0) is 34.6 Å². The van der Waals surface area contributed by atoms with Crippen LogP contribution in [0.2, 0.25) is 5.02 Å². The van der Waals surface area contributed by atoms with Crippen LogP contribution in [0.15, 0.2) is 30.3 Å². The highest BCUT2D eigenvalue weighted by Crippen LogP contribution is 2.36. The van der Waals surface area contributed by atoms with Crippen molar-refractivity contribution >= 4 is 28.1 Å². The molecule has 0 heterocycles. The molecule has 1 nitrogen and oxygen atoms in total. The number of hydrogen-bond donors (Lipinski definition) is 1. The lowest BCUT2D eigenvalue weighted by Gasteiger charge is -2.22. The van der Waals surface area contributed by atoms with E-state index in [2.05, 4.69) is 20.8 Å². The van der Waals surface area contributed by atoms with Crippen molar-refractivity contribution in [3.8, 4) is 0 Å². The minimum atomic E-state index is 0.0403. The summed E-state index contributed by atoms with van der Waals surface area (Å²) in [6, 6.07) is 9.92. The highest BCUT2D eigenvalue weighted by Gasteiger charge is 2.18. The van der Waals surface area contributed by atoms with Crippen molar-refractivity contribution in [3.63, 3.8) is 0 Å². The van der Waals surface area contributed by atoms with E-state index >= 15 is 0 Å². The second kappa shape index (κ2) is 3.67. The van der Waals surface area contributed by atoms with Crippen LogP contribution < -0.4 is 5.73 Å². The summed E-state index contributed by atoms with van der Waals surface area (Å²) in [7, 11) is 0. The molecule has 2 N–H and O–H groups in total. The highest BCUT2D eigenvalue weighted by molar-refractivity contribution is 6.36. The third-order valence-electron chi connectivity index (χ3n) is 2.76. The maximum absolute atomic E-state index is 6.28. The van der Waals surface area contributed by atoms with Gasteiger partial charge in [0.2, 0.25) is 0 Å². The van der Waals surface area contributed by atoms with Crippen molar-refractivity contribution in [2.45, 2.75) is 26.2 Å². The first-order valence-corrected chi connectivity index (χ1v) is 5.75. The molecular weight excluding hydrogens is 218 g/mol. The summed E-state index contributed by atoms with van der Waals surface area (Å²) in [5, 5.41) is 3.02. The summed E-state index contributed by atoms with van der Waals surface area (Å²) in [5.74, 6) is 0. The first-order valence-electron chi connectivity index (χ1n) is 5.38. The Morgan fingerprint density at radius 2 is 1.81 bits per heavy atom. The number of nitrogens with two attached hydrogens (primary N) is 1. The van der Waals surface area contributed by atoms with E-state index in [0.29, 0.717) is 0 Å². The van der Waals surface area contributed by atoms with Gasteiger partial charge in [-0.15, -0.1) is 0 Å². The van der Waals surface area contributed by atoms with E-state index in [1.165, 1.54) is 5.56 Å². The number of rotatable bonds is 0. The predicted octanol–water partition coefficient (Wildman–Crippen LogP) is 4.37. The Balaban J connectivity index is 2.91. The third-order valence-corrected chi connectivity index (χ3v) is 3.07. The van der Waals surface area contributed by atoms with Crippen molar-refractivity contribution in [2.24, 2.45) is 0 Å². The van der Waals surface area contributed by atoms with Crippen molar-refractivity contribution in [2.75, 3.05) is 5.73 Å². The van der Waals surface area contributed by atoms with E-state index in [9.17, 15) is 0 Å². The summed E-state index contributed by atoms with van der Waals surface area (Å²) in [6.45, 7) is 6.51. The average Bonchev–Trinajstić information content (AvgIpc) is 2.15. The first kappa shape index (κ1) is 11.3. The minimum absolute atomic E-state index is 0.0403. The maximum Gasteiger partial charge on any atom is 0.0487 e. The largest absolute Gasteiger partial charge is 0.399 e. The van der Waals surface area contributed by atoms with Gasteiger partial charge in [0.05, 0.1) is 0 Å². The Labute approximate surface area is 101 Å². The van der Waals surface area contributed by atoms with Gasteiger partial charge in [0, 0.05) is 16.1 Å². The molecular formula is C14H16ClN. The van der Waals surface area contributed by atoms with E-state index in [4.69, 9.17) is 17.3 Å². The van der Waals surface area contributed by atoms with Gasteiger partial charge in [-0.3, -0.25) is 0 Å². The molecule has 0 aliphatic carbocycles. The van der Waals surface area contributed by atoms with Gasteiger partial charge < -0.3 is 5.73 Å². The number of hydrogen-bond acceptors (Lipinski definition) is 1. The van der Waals surface area contributed by atoms with E-state index in [1.807, 2.05) is 30.3 Å². The molecule has 2 aromatic carbocycles. The fourth-order valence-electron chi connectivity index (χ4n) is 2.00. The topological polar surface area (TPSA) is 26.0 Å². The molecule has 16 heavy (non-hydrogen) atoms. The number of anilines is 1. The normalized spacial score (nSPS) is 12.0. The van der Waals surface area contributed by atoms with Crippen molar-refractivity contribution in [1.29, 1.82) is 0 Å². The second-order valence-corrected chi connectivity index (χ2v) is 5.56. The smallest absolute Gasteiger partial charge is 0.0487 e. The lowest BCUT2D eigenvalue weighted by Crippen LogP contribution is -2.12. The number of benzene rings is 2. The fraction of sp³-hybridized carbons (Fsp3) is 0.286. The molecule has 0 bridgehead atoms. The fourth-order valence-corrected chi connectivity index (χ4v) is 2.28. The number of halogens is 1. The van der Waals surface area contributed by atoms with E-state index < -0.39 is 0 Å². The molecule has 0 spiro atoms. The number of nitrogen functional groups attached to an aromatic ring is 1. The molecule has 2 aromatic rings. The quantitative estimate of drug-likeness (QED) is 0.672. The Bertz CT molecular complexity index is 538. The van der Waals surface area contributed by atoms with Crippen LogP contribution in [0, 0.1) is 0 Å². The number of fused-ring (bicyclic) bond motifs is 1. The van der Waals surface area contributed by atoms with Gasteiger partial charge in [-0.1, -0.05) is 44.5 Å². The van der Waals surface area contributed by atoms with Crippen LogP contribution in [0.3, 0.4) is 0 Å². The molecule has 0 aliphatic heterocycles. The van der Waals surface area contributed by atoms with E-state index in [0.717, 1.165) is 21.5 Å². The van der Waals surface area contributed by atoms with Gasteiger partial charge in [-0.2, -0.15) is 0 Å². The minimum Gasteiger partial charge on any atom is -0.399 e. The van der Waals surface area contributed by atoms with Crippen LogP contribution >= 0.6 is 11.6 Å². The monoisotopic (exact) mass is 233 g/mol. The van der Waals surface area contributed by atoms with Crippen LogP contribution in [0.25, 0.3) is 10.8 Å². The molecule has 0 atom stereocenters. The molecule has 0 amide bonds. The first-order chi connectivity index (χ1) is 7.39. The zero-order chi connectivity index (χ0) is 11.9. The predicted molar refractivity (Wildman–Crippen MR) is 72.1 cm³/mol. The van der Waals surface area contributed by atoms with Gasteiger partial charge in [0.1, 0.15) is 0 Å². The molecule has 0 saturated carbocycles. The summed E-state index contributed by atoms with van der Waals surface area (Å²) in [5.41, 5.74) is 7.96. The van der Waals surface area contributed by atoms with Gasteiger partial charge in [0.25, 0.3) is 0 Å². The molecule has 0 fully saturated rings. The lowest BCUT2D eigenvalue weighted by molar-refractivity contribution is 0.596. The molecule has 2 rings (SSSR count). The summed E-state index contributed by atoms with van der Waals surface area (Å²) < 4.78 is 0. The maximum atomic E-state index is 6.28. The Kier molecular flexibility index (Phi) is 2.59. The van der Waals surface area contributed by atoms with Crippen molar-refractivity contribution < 1.29 is 0 Å². The van der Waals surface area contributed by atoms with Crippen LogP contribution in [-0.4, -0.2) is 0 Å². The van der Waals surface area contributed by atoms with Gasteiger partial charge in [-0.25, -0.2) is 0 Å².